The van der Waals surface area contributed by atoms with Gasteiger partial charge in [0.05, 0.1) is 13.1 Å². The fraction of sp³-hybridized carbons (Fsp3) is 0.263. The number of hydrogen-bond donors (Lipinski definition) is 3. The SMILES string of the molecule is CNC(=O)N1CCOc2ccc(-c3cccc(NC)c3C=N)cc2C1. The van der Waals surface area contributed by atoms with Crippen LogP contribution < -0.4 is 15.4 Å². The Kier molecular flexibility index (Phi) is 4.88. The number of amides is 2. The lowest BCUT2D eigenvalue weighted by molar-refractivity contribution is 0.190. The molecule has 0 spiro atoms. The zero-order chi connectivity index (χ0) is 17.8. The Labute approximate surface area is 147 Å². The third-order valence-electron chi connectivity index (χ3n) is 4.37. The van der Waals surface area contributed by atoms with E-state index in [4.69, 9.17) is 10.1 Å². The van der Waals surface area contributed by atoms with Crippen LogP contribution in [0.2, 0.25) is 0 Å². The Balaban J connectivity index is 2.03. The van der Waals surface area contributed by atoms with Crippen molar-refractivity contribution < 1.29 is 9.53 Å². The van der Waals surface area contributed by atoms with E-state index in [1.807, 2.05) is 43.4 Å². The lowest BCUT2D eigenvalue weighted by Gasteiger charge is -2.19. The molecule has 0 aromatic heterocycles. The summed E-state index contributed by atoms with van der Waals surface area (Å²) in [5, 5.41) is 13.6. The van der Waals surface area contributed by atoms with Gasteiger partial charge >= 0.3 is 6.03 Å². The van der Waals surface area contributed by atoms with E-state index in [2.05, 4.69) is 10.6 Å². The maximum Gasteiger partial charge on any atom is 0.317 e. The van der Waals surface area contributed by atoms with Gasteiger partial charge in [0, 0.05) is 37.1 Å². The average molecular weight is 338 g/mol. The van der Waals surface area contributed by atoms with Gasteiger partial charge in [0.25, 0.3) is 0 Å². The number of fused-ring (bicyclic) bond motifs is 1. The highest BCUT2D eigenvalue weighted by molar-refractivity contribution is 5.95. The van der Waals surface area contributed by atoms with Crippen LogP contribution in [-0.4, -0.2) is 44.4 Å². The molecule has 6 heteroatoms. The summed E-state index contributed by atoms with van der Waals surface area (Å²) in [6.07, 6.45) is 1.36. The minimum absolute atomic E-state index is 0.112. The number of carbonyl (C=O) groups excluding carboxylic acids is 1. The Morgan fingerprint density at radius 2 is 2.12 bits per heavy atom. The zero-order valence-corrected chi connectivity index (χ0v) is 14.4. The van der Waals surface area contributed by atoms with Crippen LogP contribution in [0.25, 0.3) is 11.1 Å². The molecule has 0 saturated heterocycles. The van der Waals surface area contributed by atoms with E-state index in [1.54, 1.807) is 11.9 Å². The third kappa shape index (κ3) is 3.28. The molecular weight excluding hydrogens is 316 g/mol. The molecule has 25 heavy (non-hydrogen) atoms. The zero-order valence-electron chi connectivity index (χ0n) is 14.4. The van der Waals surface area contributed by atoms with Crippen LogP contribution in [0.3, 0.4) is 0 Å². The number of hydrogen-bond acceptors (Lipinski definition) is 4. The third-order valence-corrected chi connectivity index (χ3v) is 4.37. The number of anilines is 1. The molecule has 2 amide bonds. The molecule has 3 N–H and O–H groups in total. The molecule has 1 heterocycles. The molecule has 2 aromatic carbocycles. The van der Waals surface area contributed by atoms with Gasteiger partial charge in [-0.2, -0.15) is 0 Å². The standard InChI is InChI=1S/C19H22N4O2/c1-21-17-5-3-4-15(16(17)11-20)13-6-7-18-14(10-13)12-23(8-9-25-18)19(24)22-2/h3-7,10-11,20-21H,8-9,12H2,1-2H3,(H,22,24). The summed E-state index contributed by atoms with van der Waals surface area (Å²) in [6.45, 7) is 1.51. The van der Waals surface area contributed by atoms with Gasteiger partial charge in [-0.3, -0.25) is 0 Å². The maximum atomic E-state index is 12.0. The van der Waals surface area contributed by atoms with Crippen molar-refractivity contribution in [1.29, 1.82) is 5.41 Å². The van der Waals surface area contributed by atoms with E-state index in [9.17, 15) is 4.79 Å². The number of urea groups is 1. The summed E-state index contributed by atoms with van der Waals surface area (Å²) in [7, 11) is 3.48. The van der Waals surface area contributed by atoms with E-state index in [0.29, 0.717) is 19.7 Å². The van der Waals surface area contributed by atoms with Crippen molar-refractivity contribution in [1.82, 2.24) is 10.2 Å². The van der Waals surface area contributed by atoms with Gasteiger partial charge in [0.2, 0.25) is 0 Å². The molecule has 0 radical (unpaired) electrons. The molecule has 0 saturated carbocycles. The van der Waals surface area contributed by atoms with Crippen molar-refractivity contribution in [3.63, 3.8) is 0 Å². The Morgan fingerprint density at radius 1 is 1.28 bits per heavy atom. The molecule has 130 valence electrons. The van der Waals surface area contributed by atoms with Crippen molar-refractivity contribution in [2.75, 3.05) is 32.6 Å². The highest BCUT2D eigenvalue weighted by atomic mass is 16.5. The second kappa shape index (κ2) is 7.25. The Bertz CT molecular complexity index is 804. The first-order valence-corrected chi connectivity index (χ1v) is 8.22. The minimum atomic E-state index is -0.112. The number of nitrogens with one attached hydrogen (secondary N) is 3. The van der Waals surface area contributed by atoms with E-state index in [0.717, 1.165) is 33.7 Å². The van der Waals surface area contributed by atoms with Crippen LogP contribution in [0.15, 0.2) is 36.4 Å². The Hall–Kier alpha value is -3.02. The first kappa shape index (κ1) is 16.8. The second-order valence-electron chi connectivity index (χ2n) is 5.81. The van der Waals surface area contributed by atoms with Crippen LogP contribution in [0.1, 0.15) is 11.1 Å². The minimum Gasteiger partial charge on any atom is -0.491 e. The summed E-state index contributed by atoms with van der Waals surface area (Å²) < 4.78 is 5.79. The summed E-state index contributed by atoms with van der Waals surface area (Å²) >= 11 is 0. The fourth-order valence-electron chi connectivity index (χ4n) is 3.08. The van der Waals surface area contributed by atoms with Gasteiger partial charge in [-0.1, -0.05) is 18.2 Å². The highest BCUT2D eigenvalue weighted by Crippen LogP contribution is 2.32. The second-order valence-corrected chi connectivity index (χ2v) is 5.81. The van der Waals surface area contributed by atoms with Gasteiger partial charge < -0.3 is 25.7 Å². The van der Waals surface area contributed by atoms with Crippen molar-refractivity contribution in [2.45, 2.75) is 6.54 Å². The summed E-state index contributed by atoms with van der Waals surface area (Å²) in [5.74, 6) is 0.802. The fourth-order valence-corrected chi connectivity index (χ4v) is 3.08. The summed E-state index contributed by atoms with van der Waals surface area (Å²) in [6, 6.07) is 11.8. The molecule has 2 aromatic rings. The number of nitrogens with zero attached hydrogens (tertiary/aromatic N) is 1. The maximum absolute atomic E-state index is 12.0. The molecule has 3 rings (SSSR count). The molecule has 0 fully saturated rings. The topological polar surface area (TPSA) is 77.5 Å². The quantitative estimate of drug-likeness (QED) is 0.753. The highest BCUT2D eigenvalue weighted by Gasteiger charge is 2.20. The van der Waals surface area contributed by atoms with Gasteiger partial charge in [-0.25, -0.2) is 4.79 Å². The molecule has 1 aliphatic rings. The van der Waals surface area contributed by atoms with Crippen molar-refractivity contribution in [3.8, 4) is 16.9 Å². The van der Waals surface area contributed by atoms with Crippen LogP contribution in [0, 0.1) is 5.41 Å². The predicted molar refractivity (Wildman–Crippen MR) is 99.7 cm³/mol. The van der Waals surface area contributed by atoms with Gasteiger partial charge in [0.15, 0.2) is 0 Å². The van der Waals surface area contributed by atoms with E-state index in [-0.39, 0.29) is 6.03 Å². The smallest absolute Gasteiger partial charge is 0.317 e. The molecule has 0 aliphatic carbocycles. The normalized spacial score (nSPS) is 13.3. The van der Waals surface area contributed by atoms with Gasteiger partial charge in [-0.15, -0.1) is 0 Å². The molecular formula is C19H22N4O2. The van der Waals surface area contributed by atoms with E-state index in [1.165, 1.54) is 6.21 Å². The first-order chi connectivity index (χ1) is 12.2. The molecule has 6 nitrogen and oxygen atoms in total. The van der Waals surface area contributed by atoms with Crippen molar-refractivity contribution in [3.05, 3.63) is 47.5 Å². The summed E-state index contributed by atoms with van der Waals surface area (Å²) in [5.41, 5.74) is 4.68. The molecule has 0 unspecified atom stereocenters. The van der Waals surface area contributed by atoms with E-state index >= 15 is 0 Å². The average Bonchev–Trinajstić information content (AvgIpc) is 2.88. The monoisotopic (exact) mass is 338 g/mol. The van der Waals surface area contributed by atoms with E-state index < -0.39 is 0 Å². The molecule has 0 atom stereocenters. The van der Waals surface area contributed by atoms with Crippen LogP contribution >= 0.6 is 0 Å². The number of carbonyl (C=O) groups is 1. The number of rotatable bonds is 3. The van der Waals surface area contributed by atoms with Crippen molar-refractivity contribution >= 4 is 17.9 Å². The Morgan fingerprint density at radius 3 is 2.84 bits per heavy atom. The summed E-state index contributed by atoms with van der Waals surface area (Å²) in [4.78, 5) is 13.7. The van der Waals surface area contributed by atoms with Crippen LogP contribution in [0.4, 0.5) is 10.5 Å². The first-order valence-electron chi connectivity index (χ1n) is 8.22. The number of ether oxygens (including phenoxy) is 1. The van der Waals surface area contributed by atoms with Crippen molar-refractivity contribution in [2.24, 2.45) is 0 Å². The number of benzene rings is 2. The van der Waals surface area contributed by atoms with Gasteiger partial charge in [0.1, 0.15) is 12.4 Å². The molecule has 1 aliphatic heterocycles. The predicted octanol–water partition coefficient (Wildman–Crippen LogP) is 2.93. The largest absolute Gasteiger partial charge is 0.491 e. The van der Waals surface area contributed by atoms with Crippen LogP contribution in [0.5, 0.6) is 5.75 Å². The van der Waals surface area contributed by atoms with Gasteiger partial charge in [-0.05, 0) is 29.3 Å². The molecule has 0 bridgehead atoms. The lowest BCUT2D eigenvalue weighted by Crippen LogP contribution is -2.38. The lowest BCUT2D eigenvalue weighted by atomic mass is 9.96. The van der Waals surface area contributed by atoms with Crippen LogP contribution in [-0.2, 0) is 6.54 Å².